The van der Waals surface area contributed by atoms with Gasteiger partial charge in [0.05, 0.1) is 6.04 Å². The average Bonchev–Trinajstić information content (AvgIpc) is 2.71. The van der Waals surface area contributed by atoms with Gasteiger partial charge in [0.15, 0.2) is 0 Å². The van der Waals surface area contributed by atoms with E-state index in [1.54, 1.807) is 17.4 Å². The molecule has 2 aromatic rings. The lowest BCUT2D eigenvalue weighted by Crippen LogP contribution is -2.28. The van der Waals surface area contributed by atoms with Crippen molar-refractivity contribution in [3.8, 4) is 0 Å². The number of hydrazine groups is 1. The van der Waals surface area contributed by atoms with E-state index in [4.69, 9.17) is 5.84 Å². The zero-order valence-corrected chi connectivity index (χ0v) is 12.5. The molecule has 2 nitrogen and oxygen atoms in total. The molecule has 0 aliphatic rings. The van der Waals surface area contributed by atoms with Crippen LogP contribution in [0.15, 0.2) is 24.3 Å². The van der Waals surface area contributed by atoms with Crippen LogP contribution in [0.25, 0.3) is 10.1 Å². The third kappa shape index (κ3) is 3.75. The highest BCUT2D eigenvalue weighted by Gasteiger charge is 2.17. The van der Waals surface area contributed by atoms with Crippen LogP contribution < -0.4 is 11.3 Å². The maximum Gasteiger partial charge on any atom is 0.124 e. The molecule has 0 fully saturated rings. The van der Waals surface area contributed by atoms with Crippen molar-refractivity contribution in [3.63, 3.8) is 0 Å². The number of thiophene rings is 1. The van der Waals surface area contributed by atoms with Gasteiger partial charge in [-0.15, -0.1) is 11.3 Å². The summed E-state index contributed by atoms with van der Waals surface area (Å²) in [5.41, 5.74) is 3.17. The van der Waals surface area contributed by atoms with Crippen LogP contribution in [0.3, 0.4) is 0 Å². The fraction of sp³-hybridized carbons (Fsp3) is 0.467. The molecule has 0 amide bonds. The van der Waals surface area contributed by atoms with E-state index >= 15 is 0 Å². The molecule has 0 spiro atoms. The molecule has 0 aliphatic carbocycles. The summed E-state index contributed by atoms with van der Waals surface area (Å²) in [5.74, 6) is 5.48. The van der Waals surface area contributed by atoms with Crippen LogP contribution in [0.5, 0.6) is 0 Å². The number of hydrogen-bond acceptors (Lipinski definition) is 3. The molecule has 104 valence electrons. The van der Waals surface area contributed by atoms with Crippen LogP contribution in [-0.4, -0.2) is 0 Å². The number of benzene rings is 1. The first-order valence-corrected chi connectivity index (χ1v) is 7.36. The van der Waals surface area contributed by atoms with Crippen LogP contribution in [0, 0.1) is 11.2 Å². The number of halogens is 1. The highest BCUT2D eigenvalue weighted by molar-refractivity contribution is 7.19. The standard InChI is InChI=1S/C15H21FN2S/c1-15(2,3)7-6-12(18-17)14-8-10-4-5-11(16)9-13(10)19-14/h4-5,8-9,12,18H,6-7,17H2,1-3H3. The summed E-state index contributed by atoms with van der Waals surface area (Å²) < 4.78 is 14.2. The molecule has 3 N–H and O–H groups in total. The number of nitrogens with two attached hydrogens (primary N) is 1. The number of rotatable bonds is 4. The molecule has 0 saturated carbocycles. The van der Waals surface area contributed by atoms with E-state index < -0.39 is 0 Å². The van der Waals surface area contributed by atoms with Crippen molar-refractivity contribution >= 4 is 21.4 Å². The van der Waals surface area contributed by atoms with Gasteiger partial charge in [-0.2, -0.15) is 0 Å². The molecule has 0 radical (unpaired) electrons. The van der Waals surface area contributed by atoms with Crippen molar-refractivity contribution in [2.45, 2.75) is 39.7 Å². The first-order valence-electron chi connectivity index (χ1n) is 6.54. The molecule has 1 atom stereocenters. The minimum Gasteiger partial charge on any atom is -0.271 e. The highest BCUT2D eigenvalue weighted by Crippen LogP contribution is 2.34. The maximum absolute atomic E-state index is 13.2. The number of hydrogen-bond donors (Lipinski definition) is 2. The van der Waals surface area contributed by atoms with Crippen molar-refractivity contribution in [2.24, 2.45) is 11.3 Å². The van der Waals surface area contributed by atoms with Gasteiger partial charge in [-0.1, -0.05) is 26.8 Å². The van der Waals surface area contributed by atoms with Crippen LogP contribution in [0.2, 0.25) is 0 Å². The zero-order valence-electron chi connectivity index (χ0n) is 11.7. The molecule has 0 saturated heterocycles. The van der Waals surface area contributed by atoms with Crippen molar-refractivity contribution in [1.82, 2.24) is 5.43 Å². The Bertz CT molecular complexity index is 557. The predicted octanol–water partition coefficient (Wildman–Crippen LogP) is 4.37. The van der Waals surface area contributed by atoms with E-state index in [9.17, 15) is 4.39 Å². The molecule has 1 heterocycles. The Morgan fingerprint density at radius 1 is 1.32 bits per heavy atom. The molecular formula is C15H21FN2S. The second-order valence-corrected chi connectivity index (χ2v) is 7.26. The maximum atomic E-state index is 13.2. The van der Waals surface area contributed by atoms with E-state index in [1.165, 1.54) is 10.9 Å². The SMILES string of the molecule is CC(C)(C)CCC(NN)c1cc2ccc(F)cc2s1. The summed E-state index contributed by atoms with van der Waals surface area (Å²) in [6, 6.07) is 7.15. The van der Waals surface area contributed by atoms with Crippen molar-refractivity contribution in [1.29, 1.82) is 0 Å². The van der Waals surface area contributed by atoms with Gasteiger partial charge >= 0.3 is 0 Å². The summed E-state index contributed by atoms with van der Waals surface area (Å²) in [6.07, 6.45) is 2.07. The van der Waals surface area contributed by atoms with Crippen molar-refractivity contribution in [3.05, 3.63) is 35.0 Å². The molecule has 1 aromatic heterocycles. The largest absolute Gasteiger partial charge is 0.271 e. The quantitative estimate of drug-likeness (QED) is 0.644. The molecular weight excluding hydrogens is 259 g/mol. The third-order valence-corrected chi connectivity index (χ3v) is 4.44. The smallest absolute Gasteiger partial charge is 0.124 e. The summed E-state index contributed by atoms with van der Waals surface area (Å²) in [7, 11) is 0. The molecule has 1 unspecified atom stereocenters. The first kappa shape index (κ1) is 14.4. The highest BCUT2D eigenvalue weighted by atomic mass is 32.1. The Hall–Kier alpha value is -0.970. The summed E-state index contributed by atoms with van der Waals surface area (Å²) in [5, 5.41) is 1.08. The van der Waals surface area contributed by atoms with Gasteiger partial charge < -0.3 is 0 Å². The van der Waals surface area contributed by atoms with Gasteiger partial charge in [-0.05, 0) is 41.8 Å². The second-order valence-electron chi connectivity index (χ2n) is 6.15. The molecule has 19 heavy (non-hydrogen) atoms. The van der Waals surface area contributed by atoms with E-state index in [0.29, 0.717) is 0 Å². The van der Waals surface area contributed by atoms with E-state index in [2.05, 4.69) is 32.3 Å². The predicted molar refractivity (Wildman–Crippen MR) is 80.5 cm³/mol. The monoisotopic (exact) mass is 280 g/mol. The first-order chi connectivity index (χ1) is 8.89. The zero-order chi connectivity index (χ0) is 14.0. The Morgan fingerprint density at radius 2 is 2.05 bits per heavy atom. The van der Waals surface area contributed by atoms with Crippen molar-refractivity contribution in [2.75, 3.05) is 0 Å². The van der Waals surface area contributed by atoms with Crippen LogP contribution in [0.1, 0.15) is 44.5 Å². The summed E-state index contributed by atoms with van der Waals surface area (Å²) in [6.45, 7) is 6.67. The lowest BCUT2D eigenvalue weighted by atomic mass is 9.88. The van der Waals surface area contributed by atoms with E-state index in [1.807, 2.05) is 6.07 Å². The normalized spacial score (nSPS) is 13.9. The van der Waals surface area contributed by atoms with Gasteiger partial charge in [-0.25, -0.2) is 4.39 Å². The molecule has 4 heteroatoms. The molecule has 0 aliphatic heterocycles. The van der Waals surface area contributed by atoms with Gasteiger partial charge in [0.1, 0.15) is 5.82 Å². The fourth-order valence-corrected chi connectivity index (χ4v) is 3.27. The van der Waals surface area contributed by atoms with Gasteiger partial charge in [0, 0.05) is 9.58 Å². The lowest BCUT2D eigenvalue weighted by Gasteiger charge is -2.22. The molecule has 2 rings (SSSR count). The Morgan fingerprint density at radius 3 is 2.68 bits per heavy atom. The van der Waals surface area contributed by atoms with E-state index in [0.717, 1.165) is 22.9 Å². The lowest BCUT2D eigenvalue weighted by molar-refractivity contribution is 0.335. The topological polar surface area (TPSA) is 38.0 Å². The Labute approximate surface area is 117 Å². The van der Waals surface area contributed by atoms with Gasteiger partial charge in [0.2, 0.25) is 0 Å². The molecule has 1 aromatic carbocycles. The average molecular weight is 280 g/mol. The van der Waals surface area contributed by atoms with Crippen LogP contribution >= 0.6 is 11.3 Å². The summed E-state index contributed by atoms with van der Waals surface area (Å²) >= 11 is 1.61. The number of fused-ring (bicyclic) bond motifs is 1. The minimum absolute atomic E-state index is 0.139. The van der Waals surface area contributed by atoms with Gasteiger partial charge in [-0.3, -0.25) is 11.3 Å². The van der Waals surface area contributed by atoms with Crippen LogP contribution in [-0.2, 0) is 0 Å². The van der Waals surface area contributed by atoms with E-state index in [-0.39, 0.29) is 17.3 Å². The summed E-state index contributed by atoms with van der Waals surface area (Å²) in [4.78, 5) is 1.17. The fourth-order valence-electron chi connectivity index (χ4n) is 2.08. The second kappa shape index (κ2) is 5.57. The Kier molecular flexibility index (Phi) is 4.23. The molecule has 0 bridgehead atoms. The van der Waals surface area contributed by atoms with Gasteiger partial charge in [0.25, 0.3) is 0 Å². The number of nitrogens with one attached hydrogen (secondary N) is 1. The van der Waals surface area contributed by atoms with Crippen molar-refractivity contribution < 1.29 is 4.39 Å². The van der Waals surface area contributed by atoms with Crippen LogP contribution in [0.4, 0.5) is 4.39 Å². The minimum atomic E-state index is -0.187. The third-order valence-electron chi connectivity index (χ3n) is 3.23. The Balaban J connectivity index is 2.20.